The van der Waals surface area contributed by atoms with Crippen LogP contribution in [0.1, 0.15) is 77.3 Å². The van der Waals surface area contributed by atoms with Crippen molar-refractivity contribution in [3.63, 3.8) is 0 Å². The molecular weight excluding hydrogens is 492 g/mol. The Morgan fingerprint density at radius 2 is 1.81 bits per heavy atom. The first kappa shape index (κ1) is 30.8. The summed E-state index contributed by atoms with van der Waals surface area (Å²) in [5.41, 5.74) is 1.96. The lowest BCUT2D eigenvalue weighted by molar-refractivity contribution is -0.143. The largest absolute Gasteiger partial charge is 0.352 e. The van der Waals surface area contributed by atoms with Crippen molar-refractivity contribution < 1.29 is 19.2 Å². The predicted molar refractivity (Wildman–Crippen MR) is 147 cm³/mol. The number of amides is 3. The molecule has 1 heterocycles. The van der Waals surface area contributed by atoms with Crippen molar-refractivity contribution in [2.75, 3.05) is 13.6 Å². The number of nitrogens with zero attached hydrogens (tertiary/aromatic N) is 1. The molecule has 8 nitrogen and oxygen atoms in total. The first-order chi connectivity index (χ1) is 16.9. The Bertz CT molecular complexity index is 993. The molecule has 0 radical (unpaired) electrons. The third-order valence-corrected chi connectivity index (χ3v) is 7.53. The molecule has 37 heavy (non-hydrogen) atoms. The van der Waals surface area contributed by atoms with Gasteiger partial charge in [-0.3, -0.25) is 19.2 Å². The van der Waals surface area contributed by atoms with E-state index in [0.717, 1.165) is 19.3 Å². The number of nitrogens with one attached hydrogen (secondary N) is 3. The van der Waals surface area contributed by atoms with Crippen molar-refractivity contribution in [3.8, 4) is 0 Å². The van der Waals surface area contributed by atoms with Gasteiger partial charge in [0, 0.05) is 25.9 Å². The molecule has 0 aromatic heterocycles. The van der Waals surface area contributed by atoms with Crippen molar-refractivity contribution >= 4 is 35.9 Å². The average molecular weight is 535 g/mol. The fraction of sp³-hybridized carbons (Fsp3) is 0.643. The van der Waals surface area contributed by atoms with E-state index in [1.165, 1.54) is 18.1 Å². The van der Waals surface area contributed by atoms with Crippen LogP contribution in [0, 0.1) is 5.41 Å². The minimum atomic E-state index is -0.803. The van der Waals surface area contributed by atoms with E-state index < -0.39 is 23.5 Å². The maximum Gasteiger partial charge on any atom is 0.246 e. The molecule has 1 aliphatic carbocycles. The lowest BCUT2D eigenvalue weighted by Crippen LogP contribution is -2.59. The van der Waals surface area contributed by atoms with Gasteiger partial charge in [0.05, 0.1) is 12.1 Å². The zero-order valence-electron chi connectivity index (χ0n) is 22.9. The van der Waals surface area contributed by atoms with E-state index in [-0.39, 0.29) is 54.4 Å². The Kier molecular flexibility index (Phi) is 10.7. The van der Waals surface area contributed by atoms with Gasteiger partial charge in [-0.25, -0.2) is 0 Å². The van der Waals surface area contributed by atoms with Crippen molar-refractivity contribution in [3.05, 3.63) is 35.4 Å². The topological polar surface area (TPSA) is 108 Å². The summed E-state index contributed by atoms with van der Waals surface area (Å²) in [6.07, 6.45) is 3.76. The second-order valence-electron chi connectivity index (χ2n) is 11.4. The number of likely N-dealkylation sites (tertiary alicyclic amines) is 1. The predicted octanol–water partition coefficient (Wildman–Crippen LogP) is 2.73. The summed E-state index contributed by atoms with van der Waals surface area (Å²) in [5, 5.41) is 8.70. The highest BCUT2D eigenvalue weighted by molar-refractivity contribution is 5.95. The van der Waals surface area contributed by atoms with Crippen LogP contribution in [0.25, 0.3) is 0 Å². The van der Waals surface area contributed by atoms with Crippen LogP contribution in [0.4, 0.5) is 0 Å². The van der Waals surface area contributed by atoms with Gasteiger partial charge < -0.3 is 20.9 Å². The molecule has 5 atom stereocenters. The van der Waals surface area contributed by atoms with Crippen LogP contribution in [-0.4, -0.2) is 66.2 Å². The number of fused-ring (bicyclic) bond motifs is 1. The van der Waals surface area contributed by atoms with Crippen LogP contribution in [0.2, 0.25) is 0 Å². The van der Waals surface area contributed by atoms with Gasteiger partial charge in [-0.1, -0.05) is 45.0 Å². The molecule has 0 saturated carbocycles. The third-order valence-electron chi connectivity index (χ3n) is 7.53. The molecule has 0 bridgehead atoms. The molecule has 3 N–H and O–H groups in total. The zero-order chi connectivity index (χ0) is 26.6. The van der Waals surface area contributed by atoms with E-state index in [0.29, 0.717) is 12.8 Å². The Morgan fingerprint density at radius 3 is 2.43 bits per heavy atom. The quantitative estimate of drug-likeness (QED) is 0.475. The van der Waals surface area contributed by atoms with Crippen molar-refractivity contribution in [2.45, 2.75) is 96.8 Å². The maximum atomic E-state index is 13.9. The number of carbonyl (C=O) groups excluding carboxylic acids is 4. The molecule has 206 valence electrons. The highest BCUT2D eigenvalue weighted by Crippen LogP contribution is 2.36. The molecule has 1 fully saturated rings. The van der Waals surface area contributed by atoms with Crippen LogP contribution < -0.4 is 16.0 Å². The molecule has 3 rings (SSSR count). The minimum Gasteiger partial charge on any atom is -0.352 e. The van der Waals surface area contributed by atoms with Gasteiger partial charge >= 0.3 is 0 Å². The van der Waals surface area contributed by atoms with Gasteiger partial charge in [-0.05, 0) is 62.1 Å². The molecule has 1 aromatic carbocycles. The summed E-state index contributed by atoms with van der Waals surface area (Å²) >= 11 is 0. The molecular formula is C28H43ClN4O4. The molecule has 1 saturated heterocycles. The number of hydrogen-bond donors (Lipinski definition) is 3. The van der Waals surface area contributed by atoms with E-state index >= 15 is 0 Å². The molecule has 1 aromatic rings. The number of aryl methyl sites for hydroxylation is 1. The monoisotopic (exact) mass is 534 g/mol. The molecule has 9 heteroatoms. The SMILES string of the molecule is CN[C@@H](C)C(=O)N[C@H](C(=O)N1C[C@@H](NC(C)=O)C[C@H]1C(=O)C[C@@H]1CCCc2ccccc21)C(C)(C)C.Cl. The Morgan fingerprint density at radius 1 is 1.14 bits per heavy atom. The number of Topliss-reactive ketones (excluding diaryl/α,β-unsaturated/α-hetero) is 1. The van der Waals surface area contributed by atoms with Gasteiger partial charge in [0.1, 0.15) is 6.04 Å². The van der Waals surface area contributed by atoms with Gasteiger partial charge in [-0.2, -0.15) is 0 Å². The van der Waals surface area contributed by atoms with E-state index in [1.807, 2.05) is 32.9 Å². The lowest BCUT2D eigenvalue weighted by atomic mass is 9.79. The van der Waals surface area contributed by atoms with Crippen LogP contribution >= 0.6 is 12.4 Å². The van der Waals surface area contributed by atoms with Crippen LogP contribution in [0.3, 0.4) is 0 Å². The smallest absolute Gasteiger partial charge is 0.246 e. The first-order valence-corrected chi connectivity index (χ1v) is 13.1. The van der Waals surface area contributed by atoms with Gasteiger partial charge in [0.15, 0.2) is 5.78 Å². The summed E-state index contributed by atoms with van der Waals surface area (Å²) in [6.45, 7) is 9.12. The number of ketones is 1. The Balaban J connectivity index is 0.00000481. The number of likely N-dealkylation sites (N-methyl/N-ethyl adjacent to an activating group) is 1. The number of hydrogen-bond acceptors (Lipinski definition) is 5. The van der Waals surface area contributed by atoms with Crippen molar-refractivity contribution in [1.29, 1.82) is 0 Å². The normalized spacial score (nSPS) is 22.8. The number of rotatable bonds is 8. The number of halogens is 1. The van der Waals surface area contributed by atoms with E-state index in [4.69, 9.17) is 0 Å². The summed E-state index contributed by atoms with van der Waals surface area (Å²) < 4.78 is 0. The van der Waals surface area contributed by atoms with E-state index in [2.05, 4.69) is 28.1 Å². The molecule has 3 amide bonds. The summed E-state index contributed by atoms with van der Waals surface area (Å²) in [7, 11) is 1.69. The highest BCUT2D eigenvalue weighted by atomic mass is 35.5. The highest BCUT2D eigenvalue weighted by Gasteiger charge is 2.45. The number of benzene rings is 1. The zero-order valence-corrected chi connectivity index (χ0v) is 23.7. The second kappa shape index (κ2) is 12.9. The second-order valence-corrected chi connectivity index (χ2v) is 11.4. The first-order valence-electron chi connectivity index (χ1n) is 13.1. The van der Waals surface area contributed by atoms with Crippen LogP contribution in [0.5, 0.6) is 0 Å². The van der Waals surface area contributed by atoms with Crippen LogP contribution in [0.15, 0.2) is 24.3 Å². The van der Waals surface area contributed by atoms with Gasteiger partial charge in [-0.15, -0.1) is 12.4 Å². The standard InChI is InChI=1S/C28H42N4O4.ClH/c1-17(29-6)26(35)31-25(28(3,4)5)27(36)32-16-21(30-18(2)33)15-23(32)24(34)14-20-12-9-11-19-10-7-8-13-22(19)20;/h7-8,10,13,17,20-21,23,25,29H,9,11-12,14-16H2,1-6H3,(H,30,33)(H,31,35);1H/t17-,20-,21-,23-,25+;/m0./s1. The fourth-order valence-corrected chi connectivity index (χ4v) is 5.44. The van der Waals surface area contributed by atoms with E-state index in [1.54, 1.807) is 18.9 Å². The third kappa shape index (κ3) is 7.54. The lowest BCUT2D eigenvalue weighted by Gasteiger charge is -2.36. The maximum absolute atomic E-state index is 13.9. The molecule has 0 spiro atoms. The fourth-order valence-electron chi connectivity index (χ4n) is 5.44. The summed E-state index contributed by atoms with van der Waals surface area (Å²) in [5.74, 6) is -0.598. The van der Waals surface area contributed by atoms with Gasteiger partial charge in [0.2, 0.25) is 17.7 Å². The van der Waals surface area contributed by atoms with Gasteiger partial charge in [0.25, 0.3) is 0 Å². The Hall–Kier alpha value is -2.45. The van der Waals surface area contributed by atoms with Crippen LogP contribution in [-0.2, 0) is 25.6 Å². The molecule has 1 aliphatic heterocycles. The summed E-state index contributed by atoms with van der Waals surface area (Å²) in [4.78, 5) is 53.7. The Labute approximate surface area is 227 Å². The van der Waals surface area contributed by atoms with Crippen molar-refractivity contribution in [2.24, 2.45) is 5.41 Å². The minimum absolute atomic E-state index is 0. The van der Waals surface area contributed by atoms with Crippen molar-refractivity contribution in [1.82, 2.24) is 20.9 Å². The van der Waals surface area contributed by atoms with E-state index in [9.17, 15) is 19.2 Å². The average Bonchev–Trinajstić information content (AvgIpc) is 3.24. The molecule has 0 unspecified atom stereocenters. The summed E-state index contributed by atoms with van der Waals surface area (Å²) in [6, 6.07) is 6.10. The molecule has 2 aliphatic rings. The number of carbonyl (C=O) groups is 4.